The number of urea groups is 1. The fourth-order valence-electron chi connectivity index (χ4n) is 3.40. The highest BCUT2D eigenvalue weighted by atomic mass is 127. The molecule has 1 aliphatic heterocycles. The highest BCUT2D eigenvalue weighted by Gasteiger charge is 2.36. The lowest BCUT2D eigenvalue weighted by atomic mass is 10.1. The number of anilines is 1. The van der Waals surface area contributed by atoms with Gasteiger partial charge in [0.1, 0.15) is 10.5 Å². The van der Waals surface area contributed by atoms with E-state index in [1.807, 2.05) is 22.6 Å². The van der Waals surface area contributed by atoms with Gasteiger partial charge in [-0.15, -0.1) is 0 Å². The molecule has 0 aliphatic carbocycles. The molecule has 3 aromatic carbocycles. The number of carbonyl (C=O) groups is 3. The average Bonchev–Trinajstić information content (AvgIpc) is 2.85. The quantitative estimate of drug-likeness (QED) is 0.183. The fourth-order valence-corrected chi connectivity index (χ4v) is 5.26. The number of hydrogen-bond donors (Lipinski definition) is 1. The van der Waals surface area contributed by atoms with Gasteiger partial charge in [0.25, 0.3) is 11.8 Å². The second-order valence-electron chi connectivity index (χ2n) is 7.41. The van der Waals surface area contributed by atoms with Crippen LogP contribution in [0.3, 0.4) is 0 Å². The molecular formula is C25H19IN2O7S. The number of ether oxygens (including phenoxy) is 1. The van der Waals surface area contributed by atoms with Crippen molar-refractivity contribution in [2.24, 2.45) is 0 Å². The molecule has 4 amide bonds. The summed E-state index contributed by atoms with van der Waals surface area (Å²) in [6, 6.07) is 18.0. The molecule has 0 atom stereocenters. The van der Waals surface area contributed by atoms with Crippen molar-refractivity contribution in [1.29, 1.82) is 0 Å². The molecule has 9 nitrogen and oxygen atoms in total. The third kappa shape index (κ3) is 5.26. The van der Waals surface area contributed by atoms with Gasteiger partial charge in [0.2, 0.25) is 0 Å². The van der Waals surface area contributed by atoms with E-state index in [4.69, 9.17) is 8.92 Å². The molecule has 1 fully saturated rings. The summed E-state index contributed by atoms with van der Waals surface area (Å²) in [5.41, 5.74) is 0.397. The van der Waals surface area contributed by atoms with Crippen LogP contribution in [-0.2, 0) is 19.7 Å². The van der Waals surface area contributed by atoms with Crippen molar-refractivity contribution in [2.75, 3.05) is 11.5 Å². The van der Waals surface area contributed by atoms with E-state index in [2.05, 4.69) is 5.32 Å². The molecule has 1 heterocycles. The van der Waals surface area contributed by atoms with Gasteiger partial charge in [-0.05, 0) is 77.6 Å². The molecule has 0 unspecified atom stereocenters. The first kappa shape index (κ1) is 25.4. The van der Waals surface area contributed by atoms with E-state index in [9.17, 15) is 22.8 Å². The molecule has 11 heteroatoms. The van der Waals surface area contributed by atoms with Crippen LogP contribution in [0.1, 0.15) is 12.5 Å². The van der Waals surface area contributed by atoms with Crippen molar-refractivity contribution < 1.29 is 31.7 Å². The molecule has 4 rings (SSSR count). The summed E-state index contributed by atoms with van der Waals surface area (Å²) in [6.45, 7) is 1.92. The topological polar surface area (TPSA) is 119 Å². The first-order valence-corrected chi connectivity index (χ1v) is 13.1. The van der Waals surface area contributed by atoms with Crippen LogP contribution in [0.5, 0.6) is 11.5 Å². The van der Waals surface area contributed by atoms with Crippen molar-refractivity contribution in [1.82, 2.24) is 5.32 Å². The lowest BCUT2D eigenvalue weighted by Crippen LogP contribution is -2.54. The molecule has 1 saturated heterocycles. The molecule has 3 aromatic rings. The number of rotatable bonds is 7. The highest BCUT2D eigenvalue weighted by molar-refractivity contribution is 14.1. The maximum absolute atomic E-state index is 13.1. The Balaban J connectivity index is 1.73. The largest absolute Gasteiger partial charge is 0.490 e. The Morgan fingerprint density at radius 2 is 1.61 bits per heavy atom. The standard InChI is InChI=1S/C25H19IN2O7S/c1-2-34-21-15-16(14-20(26)22(21)35-36(32,33)18-11-7-4-8-12-18)13-19-23(29)27-25(31)28(24(19)30)17-9-5-3-6-10-17/h3-15H,2H2,1H3,(H,27,29,31)/b19-13+. The second kappa shape index (κ2) is 10.5. The number of barbiturate groups is 1. The normalized spacial score (nSPS) is 15.1. The number of halogens is 1. The van der Waals surface area contributed by atoms with Crippen LogP contribution in [0.15, 0.2) is 83.3 Å². The maximum atomic E-state index is 13.1. The molecule has 0 bridgehead atoms. The van der Waals surface area contributed by atoms with E-state index in [0.717, 1.165) is 4.90 Å². The minimum absolute atomic E-state index is 0.0235. The van der Waals surface area contributed by atoms with Crippen molar-refractivity contribution >= 4 is 62.3 Å². The first-order chi connectivity index (χ1) is 17.2. The summed E-state index contributed by atoms with van der Waals surface area (Å²) in [5.74, 6) is -1.56. The summed E-state index contributed by atoms with van der Waals surface area (Å²) in [7, 11) is -4.14. The monoisotopic (exact) mass is 618 g/mol. The van der Waals surface area contributed by atoms with Crippen LogP contribution in [0.25, 0.3) is 6.08 Å². The molecule has 0 radical (unpaired) electrons. The van der Waals surface area contributed by atoms with E-state index in [-0.39, 0.29) is 28.6 Å². The van der Waals surface area contributed by atoms with Crippen LogP contribution in [0, 0.1) is 3.57 Å². The molecule has 36 heavy (non-hydrogen) atoms. The number of hydrogen-bond acceptors (Lipinski definition) is 7. The van der Waals surface area contributed by atoms with Gasteiger partial charge in [-0.1, -0.05) is 36.4 Å². The minimum Gasteiger partial charge on any atom is -0.490 e. The van der Waals surface area contributed by atoms with Crippen LogP contribution >= 0.6 is 22.6 Å². The van der Waals surface area contributed by atoms with E-state index in [1.165, 1.54) is 30.3 Å². The predicted molar refractivity (Wildman–Crippen MR) is 140 cm³/mol. The third-order valence-corrected chi connectivity index (χ3v) is 7.02. The molecular weight excluding hydrogens is 599 g/mol. The van der Waals surface area contributed by atoms with E-state index in [0.29, 0.717) is 14.8 Å². The van der Waals surface area contributed by atoms with Crippen molar-refractivity contribution in [3.63, 3.8) is 0 Å². The molecule has 184 valence electrons. The Hall–Kier alpha value is -3.71. The summed E-state index contributed by atoms with van der Waals surface area (Å²) >= 11 is 1.88. The van der Waals surface area contributed by atoms with Crippen LogP contribution in [-0.4, -0.2) is 32.9 Å². The molecule has 0 spiro atoms. The molecule has 0 saturated carbocycles. The van der Waals surface area contributed by atoms with Crippen molar-refractivity contribution in [3.8, 4) is 11.5 Å². The zero-order chi connectivity index (χ0) is 25.9. The van der Waals surface area contributed by atoms with Gasteiger partial charge in [0.05, 0.1) is 15.9 Å². The Bertz CT molecular complexity index is 1470. The smallest absolute Gasteiger partial charge is 0.339 e. The lowest BCUT2D eigenvalue weighted by molar-refractivity contribution is -0.122. The van der Waals surface area contributed by atoms with Crippen LogP contribution in [0.4, 0.5) is 10.5 Å². The van der Waals surface area contributed by atoms with Crippen molar-refractivity contribution in [2.45, 2.75) is 11.8 Å². The lowest BCUT2D eigenvalue weighted by Gasteiger charge is -2.26. The Kier molecular flexibility index (Phi) is 7.40. The first-order valence-electron chi connectivity index (χ1n) is 10.6. The number of imide groups is 2. The van der Waals surface area contributed by atoms with Gasteiger partial charge < -0.3 is 8.92 Å². The van der Waals surface area contributed by atoms with Gasteiger partial charge >= 0.3 is 16.1 Å². The molecule has 1 N–H and O–H groups in total. The Labute approximate surface area is 221 Å². The Morgan fingerprint density at radius 1 is 0.972 bits per heavy atom. The van der Waals surface area contributed by atoms with Crippen LogP contribution in [0.2, 0.25) is 0 Å². The Morgan fingerprint density at radius 3 is 2.25 bits per heavy atom. The summed E-state index contributed by atoms with van der Waals surface area (Å²) in [4.78, 5) is 38.8. The van der Waals surface area contributed by atoms with Gasteiger partial charge in [-0.2, -0.15) is 8.42 Å². The number of para-hydroxylation sites is 1. The maximum Gasteiger partial charge on any atom is 0.339 e. The summed E-state index contributed by atoms with van der Waals surface area (Å²) in [6.07, 6.45) is 1.31. The SMILES string of the molecule is CCOc1cc(/C=C2\C(=O)NC(=O)N(c3ccccc3)C2=O)cc(I)c1OS(=O)(=O)c1ccccc1. The minimum atomic E-state index is -4.14. The van der Waals surface area contributed by atoms with Gasteiger partial charge in [0.15, 0.2) is 11.5 Å². The van der Waals surface area contributed by atoms with E-state index >= 15 is 0 Å². The molecule has 0 aromatic heterocycles. The molecule has 1 aliphatic rings. The zero-order valence-corrected chi connectivity index (χ0v) is 21.8. The number of nitrogens with zero attached hydrogens (tertiary/aromatic N) is 1. The van der Waals surface area contributed by atoms with E-state index in [1.54, 1.807) is 55.5 Å². The third-order valence-electron chi connectivity index (χ3n) is 4.98. The summed E-state index contributed by atoms with van der Waals surface area (Å²) in [5, 5.41) is 2.17. The summed E-state index contributed by atoms with van der Waals surface area (Å²) < 4.78 is 36.9. The average molecular weight is 618 g/mol. The van der Waals surface area contributed by atoms with Gasteiger partial charge in [0, 0.05) is 0 Å². The number of nitrogens with one attached hydrogen (secondary N) is 1. The second-order valence-corrected chi connectivity index (χ2v) is 10.1. The fraction of sp³-hybridized carbons (Fsp3) is 0.0800. The number of benzene rings is 3. The number of carbonyl (C=O) groups excluding carboxylic acids is 3. The van der Waals surface area contributed by atoms with Crippen molar-refractivity contribution in [3.05, 3.63) is 87.5 Å². The van der Waals surface area contributed by atoms with Gasteiger partial charge in [-0.25, -0.2) is 9.69 Å². The highest BCUT2D eigenvalue weighted by Crippen LogP contribution is 2.37. The van der Waals surface area contributed by atoms with Gasteiger partial charge in [-0.3, -0.25) is 14.9 Å². The van der Waals surface area contributed by atoms with Crippen LogP contribution < -0.4 is 19.1 Å². The predicted octanol–water partition coefficient (Wildman–Crippen LogP) is 4.12. The van der Waals surface area contributed by atoms with E-state index < -0.39 is 28.0 Å². The zero-order valence-electron chi connectivity index (χ0n) is 18.8. The number of amides is 4.